The van der Waals surface area contributed by atoms with Gasteiger partial charge in [-0.3, -0.25) is 9.48 Å². The van der Waals surface area contributed by atoms with Crippen LogP contribution in [0.1, 0.15) is 61.8 Å². The Kier molecular flexibility index (Phi) is 10.3. The third-order valence-corrected chi connectivity index (χ3v) is 9.76. The summed E-state index contributed by atoms with van der Waals surface area (Å²) in [6.07, 6.45) is 2.99. The van der Waals surface area contributed by atoms with Crippen molar-refractivity contribution in [3.8, 4) is 16.9 Å². The number of aldehydes is 1. The maximum atomic E-state index is 12.9. The van der Waals surface area contributed by atoms with Crippen LogP contribution in [-0.2, 0) is 20.0 Å². The zero-order valence-electron chi connectivity index (χ0n) is 27.7. The highest BCUT2D eigenvalue weighted by Gasteiger charge is 2.25. The first-order valence-electron chi connectivity index (χ1n) is 15.7. The number of carboxylic acids is 1. The Morgan fingerprint density at radius 1 is 1.02 bits per heavy atom. The molecule has 5 rings (SSSR count). The number of rotatable bonds is 13. The molecule has 5 aromatic rings. The van der Waals surface area contributed by atoms with Gasteiger partial charge >= 0.3 is 5.97 Å². The van der Waals surface area contributed by atoms with Crippen molar-refractivity contribution in [1.29, 1.82) is 0 Å². The minimum atomic E-state index is -0.962. The number of hydrogen-bond acceptors (Lipinski definition) is 5. The largest absolute Gasteiger partial charge is 0.494 e. The van der Waals surface area contributed by atoms with Crippen LogP contribution < -0.4 is 9.64 Å². The molecule has 0 aliphatic heterocycles. The summed E-state index contributed by atoms with van der Waals surface area (Å²) in [7, 11) is 3.86. The number of hydrogen-bond donors (Lipinski definition) is 1. The molecular formula is C37H40Cl2N4O4. The second kappa shape index (κ2) is 14.2. The second-order valence-corrected chi connectivity index (χ2v) is 12.9. The normalized spacial score (nSPS) is 11.3. The number of aryl methyl sites for hydroxylation is 6. The van der Waals surface area contributed by atoms with Gasteiger partial charge in [-0.1, -0.05) is 35.3 Å². The van der Waals surface area contributed by atoms with Gasteiger partial charge in [-0.15, -0.1) is 0 Å². The Morgan fingerprint density at radius 2 is 1.74 bits per heavy atom. The Balaban J connectivity index is 1.49. The summed E-state index contributed by atoms with van der Waals surface area (Å²) in [5.41, 5.74) is 9.17. The molecular weight excluding hydrogens is 635 g/mol. The minimum Gasteiger partial charge on any atom is -0.494 e. The molecule has 0 saturated heterocycles. The van der Waals surface area contributed by atoms with Crippen molar-refractivity contribution >= 4 is 52.0 Å². The van der Waals surface area contributed by atoms with E-state index in [2.05, 4.69) is 9.67 Å². The lowest BCUT2D eigenvalue weighted by atomic mass is 9.98. The zero-order valence-corrected chi connectivity index (χ0v) is 29.2. The second-order valence-electron chi connectivity index (χ2n) is 12.1. The number of benzene rings is 3. The van der Waals surface area contributed by atoms with Crippen LogP contribution >= 0.6 is 23.2 Å². The molecule has 0 radical (unpaired) electrons. The molecule has 0 spiro atoms. The van der Waals surface area contributed by atoms with Gasteiger partial charge in [0, 0.05) is 60.1 Å². The van der Waals surface area contributed by atoms with E-state index in [0.717, 1.165) is 72.9 Å². The average molecular weight is 676 g/mol. The molecule has 0 fully saturated rings. The lowest BCUT2D eigenvalue weighted by Gasteiger charge is -2.20. The molecule has 2 heterocycles. The van der Waals surface area contributed by atoms with Gasteiger partial charge in [0.15, 0.2) is 6.29 Å². The summed E-state index contributed by atoms with van der Waals surface area (Å²) < 4.78 is 10.1. The number of ether oxygens (including phenoxy) is 1. The van der Waals surface area contributed by atoms with Crippen LogP contribution in [0.5, 0.6) is 5.75 Å². The van der Waals surface area contributed by atoms with Crippen LogP contribution in [0.4, 0.5) is 5.69 Å². The van der Waals surface area contributed by atoms with Crippen molar-refractivity contribution in [2.75, 3.05) is 25.1 Å². The molecule has 8 nitrogen and oxygen atoms in total. The van der Waals surface area contributed by atoms with E-state index in [0.29, 0.717) is 49.7 Å². The Bertz CT molecular complexity index is 1950. The summed E-state index contributed by atoms with van der Waals surface area (Å²) in [6.45, 7) is 9.61. The molecule has 1 N–H and O–H groups in total. The SMILES string of the molecule is Cc1cc(OCCCc2c(C=O)n(CCCN(C)c3cccc(C(=O)O)c3)c3c(-c4c(C)nn(C)c4C)c(Cl)ccc23)cc(C)c1Cl. The fourth-order valence-corrected chi connectivity index (χ4v) is 6.77. The van der Waals surface area contributed by atoms with E-state index in [1.807, 2.05) is 81.7 Å². The molecule has 0 unspecified atom stereocenters. The van der Waals surface area contributed by atoms with Crippen molar-refractivity contribution in [1.82, 2.24) is 14.3 Å². The Hall–Kier alpha value is -4.27. The van der Waals surface area contributed by atoms with Crippen LogP contribution in [0.25, 0.3) is 22.0 Å². The van der Waals surface area contributed by atoms with Crippen LogP contribution in [0.3, 0.4) is 0 Å². The first-order chi connectivity index (χ1) is 22.4. The highest BCUT2D eigenvalue weighted by Crippen LogP contribution is 2.42. The van der Waals surface area contributed by atoms with Crippen molar-refractivity contribution in [3.63, 3.8) is 0 Å². The molecule has 47 heavy (non-hydrogen) atoms. The highest BCUT2D eigenvalue weighted by molar-refractivity contribution is 6.35. The predicted molar refractivity (Wildman–Crippen MR) is 190 cm³/mol. The third-order valence-electron chi connectivity index (χ3n) is 8.85. The molecule has 0 aliphatic carbocycles. The number of aromatic nitrogens is 3. The summed E-state index contributed by atoms with van der Waals surface area (Å²) in [6, 6.07) is 14.7. The lowest BCUT2D eigenvalue weighted by Crippen LogP contribution is -2.20. The molecule has 0 amide bonds. The van der Waals surface area contributed by atoms with Gasteiger partial charge in [0.25, 0.3) is 0 Å². The maximum absolute atomic E-state index is 12.9. The Labute approximate surface area is 285 Å². The van der Waals surface area contributed by atoms with Gasteiger partial charge in [0.2, 0.25) is 0 Å². The number of fused-ring (bicyclic) bond motifs is 1. The van der Waals surface area contributed by atoms with E-state index < -0.39 is 5.97 Å². The third kappa shape index (κ3) is 6.90. The maximum Gasteiger partial charge on any atom is 0.335 e. The quantitative estimate of drug-likeness (QED) is 0.0993. The van der Waals surface area contributed by atoms with Gasteiger partial charge in [0.1, 0.15) is 5.75 Å². The smallest absolute Gasteiger partial charge is 0.335 e. The fourth-order valence-electron chi connectivity index (χ4n) is 6.41. The molecule has 0 atom stereocenters. The van der Waals surface area contributed by atoms with E-state index in [4.69, 9.17) is 27.9 Å². The number of carboxylic acid groups (broad SMARTS) is 1. The number of nitrogens with zero attached hydrogens (tertiary/aromatic N) is 4. The van der Waals surface area contributed by atoms with E-state index in [1.54, 1.807) is 18.2 Å². The van der Waals surface area contributed by atoms with Gasteiger partial charge in [-0.25, -0.2) is 4.79 Å². The van der Waals surface area contributed by atoms with Crippen molar-refractivity contribution < 1.29 is 19.4 Å². The van der Waals surface area contributed by atoms with Crippen molar-refractivity contribution in [2.24, 2.45) is 7.05 Å². The van der Waals surface area contributed by atoms with Crippen LogP contribution in [0, 0.1) is 27.7 Å². The van der Waals surface area contributed by atoms with E-state index >= 15 is 0 Å². The minimum absolute atomic E-state index is 0.241. The molecule has 0 saturated carbocycles. The lowest BCUT2D eigenvalue weighted by molar-refractivity contribution is 0.0696. The van der Waals surface area contributed by atoms with E-state index in [1.165, 1.54) is 0 Å². The Morgan fingerprint density at radius 3 is 2.38 bits per heavy atom. The number of carbonyl (C=O) groups is 2. The van der Waals surface area contributed by atoms with Gasteiger partial charge in [-0.2, -0.15) is 5.10 Å². The number of halogens is 2. The summed E-state index contributed by atoms with van der Waals surface area (Å²) in [4.78, 5) is 26.4. The summed E-state index contributed by atoms with van der Waals surface area (Å²) in [5.74, 6) is -0.187. The van der Waals surface area contributed by atoms with E-state index in [9.17, 15) is 14.7 Å². The van der Waals surface area contributed by atoms with E-state index in [-0.39, 0.29) is 5.56 Å². The monoisotopic (exact) mass is 674 g/mol. The fraction of sp³-hybridized carbons (Fsp3) is 0.324. The molecule has 0 bridgehead atoms. The van der Waals surface area contributed by atoms with Crippen molar-refractivity contribution in [2.45, 2.75) is 53.5 Å². The zero-order chi connectivity index (χ0) is 34.0. The number of carbonyl (C=O) groups excluding carboxylic acids is 1. The van der Waals surface area contributed by atoms with Crippen LogP contribution in [0.2, 0.25) is 10.0 Å². The van der Waals surface area contributed by atoms with Crippen LogP contribution in [-0.4, -0.2) is 51.9 Å². The van der Waals surface area contributed by atoms with Gasteiger partial charge < -0.3 is 19.3 Å². The molecule has 3 aromatic carbocycles. The van der Waals surface area contributed by atoms with Gasteiger partial charge in [0.05, 0.1) is 34.1 Å². The standard InChI is InChI=1S/C37H40Cl2N4O4/c1-22-18-28(19-23(2)35(22)39)47-17-8-12-29-30-13-14-31(38)34(33-24(3)40-42(6)25(33)4)36(30)43(32(29)21-44)16-9-15-41(5)27-11-7-10-26(20-27)37(45)46/h7,10-11,13-14,18-21H,8-9,12,15-17H2,1-6H3,(H,45,46). The molecule has 0 aliphatic rings. The first kappa shape index (κ1) is 34.1. The highest BCUT2D eigenvalue weighted by atomic mass is 35.5. The number of aromatic carboxylic acids is 1. The topological polar surface area (TPSA) is 89.6 Å². The first-order valence-corrected chi connectivity index (χ1v) is 16.4. The van der Waals surface area contributed by atoms with Crippen molar-refractivity contribution in [3.05, 3.63) is 97.9 Å². The molecule has 10 heteroatoms. The average Bonchev–Trinajstić information content (AvgIpc) is 3.48. The molecule has 2 aromatic heterocycles. The van der Waals surface area contributed by atoms with Crippen LogP contribution in [0.15, 0.2) is 48.5 Å². The molecule has 246 valence electrons. The van der Waals surface area contributed by atoms with Gasteiger partial charge in [-0.05, 0) is 100 Å². The number of anilines is 1. The summed E-state index contributed by atoms with van der Waals surface area (Å²) >= 11 is 13.3. The predicted octanol–water partition coefficient (Wildman–Crippen LogP) is 8.63. The summed E-state index contributed by atoms with van der Waals surface area (Å²) in [5, 5.41) is 16.4.